The summed E-state index contributed by atoms with van der Waals surface area (Å²) in [6.45, 7) is 5.38. The number of carbonyl (C=O) groups excluding carboxylic acids is 1. The molecule has 1 fully saturated rings. The van der Waals surface area contributed by atoms with E-state index in [-0.39, 0.29) is 11.6 Å². The van der Waals surface area contributed by atoms with Gasteiger partial charge in [-0.3, -0.25) is 5.32 Å². The van der Waals surface area contributed by atoms with Crippen molar-refractivity contribution in [2.75, 3.05) is 42.9 Å². The lowest BCUT2D eigenvalue weighted by Gasteiger charge is -2.28. The highest BCUT2D eigenvalue weighted by atomic mass is 32.1. The van der Waals surface area contributed by atoms with Crippen molar-refractivity contribution >= 4 is 46.3 Å². The summed E-state index contributed by atoms with van der Waals surface area (Å²) in [7, 11) is 1.77. The molecule has 3 aromatic heterocycles. The van der Waals surface area contributed by atoms with Gasteiger partial charge in [-0.1, -0.05) is 0 Å². The number of rotatable bonds is 5. The average Bonchev–Trinajstić information content (AvgIpc) is 3.34. The van der Waals surface area contributed by atoms with Gasteiger partial charge in [-0.05, 0) is 6.92 Å². The van der Waals surface area contributed by atoms with Gasteiger partial charge < -0.3 is 25.2 Å². The summed E-state index contributed by atoms with van der Waals surface area (Å²) < 4.78 is 1.73. The number of amides is 2. The summed E-state index contributed by atoms with van der Waals surface area (Å²) in [5.74, 6) is 0.182. The number of hydrogen-bond acceptors (Lipinski definition) is 9. The number of hydrogen-bond donors (Lipinski definition) is 4. The van der Waals surface area contributed by atoms with Gasteiger partial charge in [0, 0.05) is 45.2 Å². The zero-order chi connectivity index (χ0) is 21.3. The van der Waals surface area contributed by atoms with Crippen LogP contribution in [0.15, 0.2) is 5.38 Å². The van der Waals surface area contributed by atoms with Gasteiger partial charge >= 0.3 is 12.0 Å². The van der Waals surface area contributed by atoms with Crippen LogP contribution in [0, 0.1) is 0 Å². The van der Waals surface area contributed by atoms with Gasteiger partial charge in [-0.15, -0.1) is 11.3 Å². The molecule has 0 radical (unpaired) electrons. The highest BCUT2D eigenvalue weighted by molar-refractivity contribution is 7.13. The Hall–Kier alpha value is -3.32. The zero-order valence-electron chi connectivity index (χ0n) is 16.5. The third kappa shape index (κ3) is 3.76. The Kier molecular flexibility index (Phi) is 5.46. The molecular formula is C17H21N9O3S. The highest BCUT2D eigenvalue weighted by Crippen LogP contribution is 2.31. The number of thiazole rings is 1. The lowest BCUT2D eigenvalue weighted by atomic mass is 10.3. The first-order valence-corrected chi connectivity index (χ1v) is 10.3. The lowest BCUT2D eigenvalue weighted by Crippen LogP contribution is -2.44. The molecule has 4 N–H and O–H groups in total. The highest BCUT2D eigenvalue weighted by Gasteiger charge is 2.24. The SMILES string of the molecule is CCNC(=O)Nc1nc(N2CCNCC2)c2nc(-c3nc(C(=O)O)cs3)n(C)c2n1. The molecule has 0 aromatic carbocycles. The fourth-order valence-electron chi connectivity index (χ4n) is 3.17. The smallest absolute Gasteiger partial charge is 0.355 e. The number of nitrogens with zero attached hydrogens (tertiary/aromatic N) is 6. The summed E-state index contributed by atoms with van der Waals surface area (Å²) in [4.78, 5) is 43.2. The summed E-state index contributed by atoms with van der Waals surface area (Å²) in [6.07, 6.45) is 0. The fraction of sp³-hybridized carbons (Fsp3) is 0.412. The average molecular weight is 431 g/mol. The van der Waals surface area contributed by atoms with Gasteiger partial charge in [0.15, 0.2) is 33.5 Å². The monoisotopic (exact) mass is 431 g/mol. The van der Waals surface area contributed by atoms with E-state index in [4.69, 9.17) is 5.11 Å². The van der Waals surface area contributed by atoms with E-state index in [2.05, 4.69) is 40.8 Å². The van der Waals surface area contributed by atoms with Gasteiger partial charge in [0.05, 0.1) is 0 Å². The standard InChI is InChI=1S/C17H21N9O3S/c1-3-19-17(29)24-16-22-11-10(12(23-16)26-6-4-18-5-7-26)21-13(25(11)2)14-20-9(8-30-14)15(27)28/h8,18H,3-7H2,1-2H3,(H,27,28)(H2,19,22,23,24,29). The van der Waals surface area contributed by atoms with Crippen molar-refractivity contribution in [1.82, 2.24) is 35.1 Å². The summed E-state index contributed by atoms with van der Waals surface area (Å²) >= 11 is 1.20. The summed E-state index contributed by atoms with van der Waals surface area (Å²) in [6, 6.07) is -0.392. The number of anilines is 2. The molecule has 2 amide bonds. The molecule has 0 bridgehead atoms. The van der Waals surface area contributed by atoms with Gasteiger partial charge in [-0.25, -0.2) is 19.6 Å². The Morgan fingerprint density at radius 2 is 2.00 bits per heavy atom. The Balaban J connectivity index is 1.83. The quantitative estimate of drug-likeness (QED) is 0.458. The van der Waals surface area contributed by atoms with Crippen LogP contribution in [0.2, 0.25) is 0 Å². The first-order chi connectivity index (χ1) is 14.5. The minimum Gasteiger partial charge on any atom is -0.476 e. The molecule has 4 heterocycles. The van der Waals surface area contributed by atoms with E-state index in [9.17, 15) is 9.59 Å². The second-order valence-electron chi connectivity index (χ2n) is 6.60. The minimum absolute atomic E-state index is 0.0333. The number of carbonyl (C=O) groups is 2. The van der Waals surface area contributed by atoms with Crippen LogP contribution in [0.3, 0.4) is 0 Å². The maximum Gasteiger partial charge on any atom is 0.355 e. The van der Waals surface area contributed by atoms with E-state index in [0.29, 0.717) is 34.4 Å². The molecular weight excluding hydrogens is 410 g/mol. The van der Waals surface area contributed by atoms with Crippen LogP contribution in [0.25, 0.3) is 22.0 Å². The van der Waals surface area contributed by atoms with Crippen molar-refractivity contribution in [3.63, 3.8) is 0 Å². The van der Waals surface area contributed by atoms with E-state index < -0.39 is 12.0 Å². The maximum atomic E-state index is 12.0. The van der Waals surface area contributed by atoms with Crippen molar-refractivity contribution in [1.29, 1.82) is 0 Å². The van der Waals surface area contributed by atoms with Crippen molar-refractivity contribution in [3.8, 4) is 10.8 Å². The Morgan fingerprint density at radius 1 is 1.23 bits per heavy atom. The Morgan fingerprint density at radius 3 is 2.67 bits per heavy atom. The number of urea groups is 1. The number of aromatic carboxylic acids is 1. The van der Waals surface area contributed by atoms with Gasteiger partial charge in [0.2, 0.25) is 5.95 Å². The molecule has 12 nitrogen and oxygen atoms in total. The van der Waals surface area contributed by atoms with E-state index >= 15 is 0 Å². The van der Waals surface area contributed by atoms with Crippen molar-refractivity contribution in [2.45, 2.75) is 6.92 Å². The zero-order valence-corrected chi connectivity index (χ0v) is 17.3. The van der Waals surface area contributed by atoms with Crippen LogP contribution in [-0.4, -0.2) is 74.3 Å². The normalized spacial score (nSPS) is 14.1. The van der Waals surface area contributed by atoms with Crippen LogP contribution in [-0.2, 0) is 7.05 Å². The van der Waals surface area contributed by atoms with Crippen LogP contribution in [0.4, 0.5) is 16.6 Å². The number of nitrogens with one attached hydrogen (secondary N) is 3. The van der Waals surface area contributed by atoms with E-state index in [0.717, 1.165) is 26.2 Å². The predicted octanol–water partition coefficient (Wildman–Crippen LogP) is 0.736. The molecule has 13 heteroatoms. The van der Waals surface area contributed by atoms with Crippen molar-refractivity contribution in [2.24, 2.45) is 7.05 Å². The van der Waals surface area contributed by atoms with Crippen molar-refractivity contribution in [3.05, 3.63) is 11.1 Å². The first-order valence-electron chi connectivity index (χ1n) is 9.42. The molecule has 30 heavy (non-hydrogen) atoms. The molecule has 0 atom stereocenters. The van der Waals surface area contributed by atoms with Crippen LogP contribution < -0.4 is 20.9 Å². The molecule has 0 saturated carbocycles. The molecule has 158 valence electrons. The number of fused-ring (bicyclic) bond motifs is 1. The number of piperazine rings is 1. The third-order valence-corrected chi connectivity index (χ3v) is 5.43. The van der Waals surface area contributed by atoms with Gasteiger partial charge in [-0.2, -0.15) is 9.97 Å². The van der Waals surface area contributed by atoms with Crippen molar-refractivity contribution < 1.29 is 14.7 Å². The fourth-order valence-corrected chi connectivity index (χ4v) is 3.99. The molecule has 0 spiro atoms. The third-order valence-electron chi connectivity index (χ3n) is 4.59. The van der Waals surface area contributed by atoms with Crippen LogP contribution in [0.5, 0.6) is 0 Å². The van der Waals surface area contributed by atoms with E-state index in [1.807, 2.05) is 6.92 Å². The van der Waals surface area contributed by atoms with Gasteiger partial charge in [0.1, 0.15) is 0 Å². The molecule has 4 rings (SSSR count). The minimum atomic E-state index is -1.09. The molecule has 0 aliphatic carbocycles. The molecule has 1 aliphatic rings. The molecule has 3 aromatic rings. The number of carboxylic acid groups (broad SMARTS) is 1. The second-order valence-corrected chi connectivity index (χ2v) is 7.46. The molecule has 1 aliphatic heterocycles. The van der Waals surface area contributed by atoms with Gasteiger partial charge in [0.25, 0.3) is 0 Å². The molecule has 0 unspecified atom stereocenters. The van der Waals surface area contributed by atoms with E-state index in [1.54, 1.807) is 11.6 Å². The number of aryl methyl sites for hydroxylation is 1. The number of imidazole rings is 1. The predicted molar refractivity (Wildman–Crippen MR) is 112 cm³/mol. The molecule has 1 saturated heterocycles. The largest absolute Gasteiger partial charge is 0.476 e. The lowest BCUT2D eigenvalue weighted by molar-refractivity contribution is 0.0691. The summed E-state index contributed by atoms with van der Waals surface area (Å²) in [5.41, 5.74) is 1.06. The van der Waals surface area contributed by atoms with Crippen LogP contribution in [0.1, 0.15) is 17.4 Å². The Bertz CT molecular complexity index is 1100. The topological polar surface area (TPSA) is 150 Å². The second kappa shape index (κ2) is 8.20. The number of aromatic nitrogens is 5. The van der Waals surface area contributed by atoms with Crippen LogP contribution >= 0.6 is 11.3 Å². The Labute approximate surface area is 175 Å². The maximum absolute atomic E-state index is 12.0. The van der Waals surface area contributed by atoms with E-state index in [1.165, 1.54) is 16.7 Å². The number of carboxylic acids is 1. The first kappa shape index (κ1) is 20.0. The summed E-state index contributed by atoms with van der Waals surface area (Å²) in [5, 5.41) is 19.7.